The third-order valence-corrected chi connectivity index (χ3v) is 1.55. The summed E-state index contributed by atoms with van der Waals surface area (Å²) in [5, 5.41) is 8.87. The van der Waals surface area contributed by atoms with E-state index in [-0.39, 0.29) is 5.75 Å². The fraction of sp³-hybridized carbons (Fsp3) is 0.100. The Labute approximate surface area is 75.3 Å². The molecule has 2 nitrogen and oxygen atoms in total. The maximum Gasteiger partial charge on any atom is 0.165 e. The lowest BCUT2D eigenvalue weighted by Gasteiger charge is -1.97. The van der Waals surface area contributed by atoms with Crippen LogP contribution in [0.15, 0.2) is 23.8 Å². The smallest absolute Gasteiger partial charge is 0.165 e. The molecular formula is C10H9FO2. The second-order valence-corrected chi connectivity index (χ2v) is 2.72. The number of phenols is 1. The number of rotatable bonds is 2. The summed E-state index contributed by atoms with van der Waals surface area (Å²) in [7, 11) is 0. The molecule has 0 saturated carbocycles. The summed E-state index contributed by atoms with van der Waals surface area (Å²) >= 11 is 0. The van der Waals surface area contributed by atoms with Crippen LogP contribution in [0.3, 0.4) is 0 Å². The van der Waals surface area contributed by atoms with Gasteiger partial charge in [-0.1, -0.05) is 6.07 Å². The number of phenolic OH excluding ortho intramolecular Hbond substituents is 1. The fourth-order valence-corrected chi connectivity index (χ4v) is 0.910. The van der Waals surface area contributed by atoms with Crippen molar-refractivity contribution in [3.8, 4) is 5.75 Å². The summed E-state index contributed by atoms with van der Waals surface area (Å²) < 4.78 is 12.8. The topological polar surface area (TPSA) is 37.3 Å². The number of hydrogen-bond donors (Lipinski definition) is 1. The van der Waals surface area contributed by atoms with E-state index in [9.17, 15) is 9.18 Å². The van der Waals surface area contributed by atoms with Crippen molar-refractivity contribution in [1.29, 1.82) is 0 Å². The van der Waals surface area contributed by atoms with Gasteiger partial charge in [-0.05, 0) is 36.3 Å². The van der Waals surface area contributed by atoms with Gasteiger partial charge in [0.25, 0.3) is 0 Å². The van der Waals surface area contributed by atoms with Crippen molar-refractivity contribution >= 4 is 12.4 Å². The van der Waals surface area contributed by atoms with Crippen molar-refractivity contribution in [2.75, 3.05) is 0 Å². The molecule has 13 heavy (non-hydrogen) atoms. The van der Waals surface area contributed by atoms with Gasteiger partial charge < -0.3 is 5.11 Å². The monoisotopic (exact) mass is 180 g/mol. The van der Waals surface area contributed by atoms with Crippen LogP contribution in [0.25, 0.3) is 6.08 Å². The van der Waals surface area contributed by atoms with E-state index < -0.39 is 5.82 Å². The molecule has 1 aromatic rings. The van der Waals surface area contributed by atoms with Crippen LogP contribution in [0, 0.1) is 5.82 Å². The van der Waals surface area contributed by atoms with Crippen LogP contribution in [-0.2, 0) is 4.79 Å². The molecule has 3 heteroatoms. The number of carbonyl (C=O) groups excluding carboxylic acids is 1. The Balaban J connectivity index is 3.04. The van der Waals surface area contributed by atoms with E-state index in [1.807, 2.05) is 0 Å². The zero-order chi connectivity index (χ0) is 9.84. The molecule has 0 atom stereocenters. The number of aromatic hydroxyl groups is 1. The molecule has 0 radical (unpaired) electrons. The van der Waals surface area contributed by atoms with E-state index in [0.29, 0.717) is 17.4 Å². The normalized spacial score (nSPS) is 11.4. The number of aldehydes is 1. The molecule has 0 aliphatic heterocycles. The van der Waals surface area contributed by atoms with Crippen LogP contribution < -0.4 is 0 Å². The van der Waals surface area contributed by atoms with Crippen molar-refractivity contribution < 1.29 is 14.3 Å². The van der Waals surface area contributed by atoms with Gasteiger partial charge in [0.1, 0.15) is 6.29 Å². The molecule has 68 valence electrons. The molecule has 0 bridgehead atoms. The third-order valence-electron chi connectivity index (χ3n) is 1.55. The maximum atomic E-state index is 12.8. The van der Waals surface area contributed by atoms with Crippen LogP contribution >= 0.6 is 0 Å². The molecule has 0 saturated heterocycles. The molecule has 0 fully saturated rings. The van der Waals surface area contributed by atoms with Gasteiger partial charge in [0.15, 0.2) is 11.6 Å². The first-order valence-electron chi connectivity index (χ1n) is 3.75. The highest BCUT2D eigenvalue weighted by molar-refractivity contribution is 5.80. The largest absolute Gasteiger partial charge is 0.505 e. The summed E-state index contributed by atoms with van der Waals surface area (Å²) in [4.78, 5) is 10.2. The average Bonchev–Trinajstić information content (AvgIpc) is 2.11. The molecule has 0 aliphatic rings. The molecule has 0 aromatic heterocycles. The lowest BCUT2D eigenvalue weighted by atomic mass is 10.1. The average molecular weight is 180 g/mol. The van der Waals surface area contributed by atoms with E-state index in [1.54, 1.807) is 6.92 Å². The molecule has 1 aromatic carbocycles. The van der Waals surface area contributed by atoms with Gasteiger partial charge in [-0.3, -0.25) is 4.79 Å². The highest BCUT2D eigenvalue weighted by Gasteiger charge is 1.99. The Kier molecular flexibility index (Phi) is 2.80. The second-order valence-electron chi connectivity index (χ2n) is 2.72. The highest BCUT2D eigenvalue weighted by atomic mass is 19.1. The predicted molar refractivity (Wildman–Crippen MR) is 47.8 cm³/mol. The third kappa shape index (κ3) is 2.40. The highest BCUT2D eigenvalue weighted by Crippen LogP contribution is 2.17. The van der Waals surface area contributed by atoms with E-state index in [1.165, 1.54) is 24.3 Å². The van der Waals surface area contributed by atoms with Crippen molar-refractivity contribution in [1.82, 2.24) is 0 Å². The minimum Gasteiger partial charge on any atom is -0.505 e. The maximum absolute atomic E-state index is 12.8. The van der Waals surface area contributed by atoms with Crippen LogP contribution in [0.2, 0.25) is 0 Å². The number of allylic oxidation sites excluding steroid dienone is 1. The molecule has 0 unspecified atom stereocenters. The van der Waals surface area contributed by atoms with Gasteiger partial charge in [0, 0.05) is 0 Å². The number of benzene rings is 1. The molecule has 0 heterocycles. The Bertz CT molecular complexity index is 356. The zero-order valence-electron chi connectivity index (χ0n) is 7.12. The Morgan fingerprint density at radius 2 is 2.23 bits per heavy atom. The predicted octanol–water partition coefficient (Wildman–Crippen LogP) is 2.13. The first-order valence-corrected chi connectivity index (χ1v) is 3.75. The van der Waals surface area contributed by atoms with Crippen LogP contribution in [0.5, 0.6) is 5.75 Å². The summed E-state index contributed by atoms with van der Waals surface area (Å²) in [6.45, 7) is 1.62. The summed E-state index contributed by atoms with van der Waals surface area (Å²) in [5.41, 5.74) is 1.06. The van der Waals surface area contributed by atoms with E-state index >= 15 is 0 Å². The van der Waals surface area contributed by atoms with Crippen molar-refractivity contribution in [2.24, 2.45) is 0 Å². The molecule has 1 N–H and O–H groups in total. The Morgan fingerprint density at radius 1 is 1.54 bits per heavy atom. The van der Waals surface area contributed by atoms with Gasteiger partial charge in [0.2, 0.25) is 0 Å². The molecule has 0 amide bonds. The minimum atomic E-state index is -0.688. The second kappa shape index (κ2) is 3.85. The molecular weight excluding hydrogens is 171 g/mol. The van der Waals surface area contributed by atoms with E-state index in [0.717, 1.165) is 0 Å². The van der Waals surface area contributed by atoms with Crippen molar-refractivity contribution in [2.45, 2.75) is 6.92 Å². The van der Waals surface area contributed by atoms with Crippen LogP contribution in [0.4, 0.5) is 4.39 Å². The molecule has 0 spiro atoms. The first kappa shape index (κ1) is 9.45. The quantitative estimate of drug-likeness (QED) is 0.559. The van der Waals surface area contributed by atoms with Gasteiger partial charge in [0.05, 0.1) is 0 Å². The SMILES string of the molecule is C/C(C=O)=C/c1ccc(O)c(F)c1. The van der Waals surface area contributed by atoms with Gasteiger partial charge in [-0.2, -0.15) is 0 Å². The first-order chi connectivity index (χ1) is 6.13. The van der Waals surface area contributed by atoms with Crippen LogP contribution in [-0.4, -0.2) is 11.4 Å². The fourth-order valence-electron chi connectivity index (χ4n) is 0.910. The van der Waals surface area contributed by atoms with Gasteiger partial charge in [-0.15, -0.1) is 0 Å². The Morgan fingerprint density at radius 3 is 2.77 bits per heavy atom. The minimum absolute atomic E-state index is 0.388. The van der Waals surface area contributed by atoms with Crippen molar-refractivity contribution in [3.63, 3.8) is 0 Å². The molecule has 0 aliphatic carbocycles. The van der Waals surface area contributed by atoms with E-state index in [4.69, 9.17) is 5.11 Å². The summed E-state index contributed by atoms with van der Waals surface area (Å²) in [6.07, 6.45) is 2.22. The zero-order valence-corrected chi connectivity index (χ0v) is 7.12. The lowest BCUT2D eigenvalue weighted by Crippen LogP contribution is -1.81. The standard InChI is InChI=1S/C10H9FO2/c1-7(6-12)4-8-2-3-10(13)9(11)5-8/h2-6,13H,1H3/b7-4-. The van der Waals surface area contributed by atoms with Crippen molar-refractivity contribution in [3.05, 3.63) is 35.2 Å². The Hall–Kier alpha value is -1.64. The summed E-state index contributed by atoms with van der Waals surface area (Å²) in [5.74, 6) is -1.08. The van der Waals surface area contributed by atoms with Gasteiger partial charge >= 0.3 is 0 Å². The lowest BCUT2D eigenvalue weighted by molar-refractivity contribution is -0.104. The van der Waals surface area contributed by atoms with Gasteiger partial charge in [-0.25, -0.2) is 4.39 Å². The molecule has 1 rings (SSSR count). The number of carbonyl (C=O) groups is 1. The number of halogens is 1. The van der Waals surface area contributed by atoms with E-state index in [2.05, 4.69) is 0 Å². The number of hydrogen-bond acceptors (Lipinski definition) is 2. The summed E-state index contributed by atoms with van der Waals surface area (Å²) in [6, 6.07) is 3.95. The van der Waals surface area contributed by atoms with Crippen LogP contribution in [0.1, 0.15) is 12.5 Å².